The number of hydrogen-bond donors (Lipinski definition) is 1. The second-order valence-corrected chi connectivity index (χ2v) is 6.67. The summed E-state index contributed by atoms with van der Waals surface area (Å²) in [5.74, 6) is 0.524. The number of rotatable bonds is 6. The predicted molar refractivity (Wildman–Crippen MR) is 104 cm³/mol. The number of aromatic nitrogens is 4. The summed E-state index contributed by atoms with van der Waals surface area (Å²) >= 11 is 0. The molecular weight excluding hydrogens is 356 g/mol. The molecule has 1 saturated heterocycles. The maximum Gasteiger partial charge on any atom is 0.238 e. The average Bonchev–Trinajstić information content (AvgIpc) is 3.25. The van der Waals surface area contributed by atoms with Crippen LogP contribution < -0.4 is 10.1 Å². The van der Waals surface area contributed by atoms with Crippen molar-refractivity contribution in [1.29, 1.82) is 0 Å². The van der Waals surface area contributed by atoms with Gasteiger partial charge < -0.3 is 14.6 Å². The van der Waals surface area contributed by atoms with Gasteiger partial charge in [-0.2, -0.15) is 0 Å². The number of hydrogen-bond acceptors (Lipinski definition) is 6. The molecule has 0 spiro atoms. The number of ether oxygens (including phenoxy) is 1. The van der Waals surface area contributed by atoms with Crippen LogP contribution in [0.25, 0.3) is 5.69 Å². The summed E-state index contributed by atoms with van der Waals surface area (Å²) in [4.78, 5) is 26.9. The van der Waals surface area contributed by atoms with E-state index in [2.05, 4.69) is 25.2 Å². The normalized spacial score (nSPS) is 15.3. The third kappa shape index (κ3) is 4.52. The summed E-state index contributed by atoms with van der Waals surface area (Å²) in [5, 5.41) is 3.02. The molecule has 1 aliphatic heterocycles. The number of carbonyl (C=O) groups excluding carboxylic acids is 1. The van der Waals surface area contributed by atoms with Gasteiger partial charge in [-0.05, 0) is 25.0 Å². The fraction of sp³-hybridized carbons (Fsp3) is 0.300. The van der Waals surface area contributed by atoms with Crippen LogP contribution in [0.5, 0.6) is 5.88 Å². The summed E-state index contributed by atoms with van der Waals surface area (Å²) in [5.41, 5.74) is 1.66. The molecule has 28 heavy (non-hydrogen) atoms. The van der Waals surface area contributed by atoms with E-state index in [1.165, 1.54) is 0 Å². The molecule has 8 nitrogen and oxygen atoms in total. The van der Waals surface area contributed by atoms with Crippen LogP contribution >= 0.6 is 0 Å². The standard InChI is InChI=1S/C20H22N6O2/c27-19(24-17-3-1-2-4-18(17)26-12-9-22-15-26)14-25-10-5-16(6-11-25)28-20-13-21-7-8-23-20/h1-4,7-9,12-13,15-16H,5-6,10-11,14H2,(H,24,27). The van der Waals surface area contributed by atoms with E-state index in [9.17, 15) is 4.79 Å². The minimum atomic E-state index is -0.0270. The van der Waals surface area contributed by atoms with Gasteiger partial charge in [0.15, 0.2) is 0 Å². The molecule has 1 amide bonds. The monoisotopic (exact) mass is 378 g/mol. The molecule has 3 aromatic rings. The zero-order valence-corrected chi connectivity index (χ0v) is 15.4. The maximum absolute atomic E-state index is 12.5. The fourth-order valence-electron chi connectivity index (χ4n) is 3.30. The number of amides is 1. The molecule has 0 unspecified atom stereocenters. The van der Waals surface area contributed by atoms with Crippen LogP contribution in [-0.4, -0.2) is 56.1 Å². The van der Waals surface area contributed by atoms with Crippen molar-refractivity contribution < 1.29 is 9.53 Å². The van der Waals surface area contributed by atoms with Crippen LogP contribution in [-0.2, 0) is 4.79 Å². The maximum atomic E-state index is 12.5. The van der Waals surface area contributed by atoms with E-state index in [0.717, 1.165) is 37.3 Å². The molecule has 0 bridgehead atoms. The van der Waals surface area contributed by atoms with Crippen LogP contribution in [0.1, 0.15) is 12.8 Å². The highest BCUT2D eigenvalue weighted by atomic mass is 16.5. The quantitative estimate of drug-likeness (QED) is 0.707. The Balaban J connectivity index is 1.29. The third-order valence-electron chi connectivity index (χ3n) is 4.69. The highest BCUT2D eigenvalue weighted by Crippen LogP contribution is 2.20. The number of nitrogens with zero attached hydrogens (tertiary/aromatic N) is 5. The van der Waals surface area contributed by atoms with Gasteiger partial charge in [-0.15, -0.1) is 0 Å². The van der Waals surface area contributed by atoms with Gasteiger partial charge in [-0.1, -0.05) is 12.1 Å². The molecule has 8 heteroatoms. The molecule has 2 aromatic heterocycles. The molecule has 0 atom stereocenters. The molecule has 1 aliphatic rings. The lowest BCUT2D eigenvalue weighted by Gasteiger charge is -2.31. The lowest BCUT2D eigenvalue weighted by Crippen LogP contribution is -2.42. The summed E-state index contributed by atoms with van der Waals surface area (Å²) in [6, 6.07) is 7.69. The Morgan fingerprint density at radius 1 is 1.14 bits per heavy atom. The number of likely N-dealkylation sites (tertiary alicyclic amines) is 1. The van der Waals surface area contributed by atoms with E-state index in [-0.39, 0.29) is 12.0 Å². The molecule has 1 aromatic carbocycles. The van der Waals surface area contributed by atoms with Crippen LogP contribution in [0.3, 0.4) is 0 Å². The molecule has 0 aliphatic carbocycles. The van der Waals surface area contributed by atoms with Crippen molar-refractivity contribution in [2.45, 2.75) is 18.9 Å². The number of para-hydroxylation sites is 2. The first-order valence-electron chi connectivity index (χ1n) is 9.30. The highest BCUT2D eigenvalue weighted by molar-refractivity contribution is 5.94. The number of anilines is 1. The summed E-state index contributed by atoms with van der Waals surface area (Å²) < 4.78 is 7.73. The Hall–Kier alpha value is -3.26. The molecule has 1 N–H and O–H groups in total. The SMILES string of the molecule is O=C(CN1CCC(Oc2cnccn2)CC1)Nc1ccccc1-n1ccnc1. The van der Waals surface area contributed by atoms with Crippen molar-refractivity contribution in [3.05, 3.63) is 61.6 Å². The highest BCUT2D eigenvalue weighted by Gasteiger charge is 2.22. The summed E-state index contributed by atoms with van der Waals surface area (Å²) in [6.45, 7) is 1.97. The number of benzene rings is 1. The first-order chi connectivity index (χ1) is 13.8. The van der Waals surface area contributed by atoms with Gasteiger partial charge in [0, 0.05) is 37.9 Å². The summed E-state index contributed by atoms with van der Waals surface area (Å²) in [7, 11) is 0. The van der Waals surface area contributed by atoms with E-state index in [4.69, 9.17) is 4.74 Å². The minimum Gasteiger partial charge on any atom is -0.473 e. The first-order valence-corrected chi connectivity index (χ1v) is 9.30. The minimum absolute atomic E-state index is 0.0270. The topological polar surface area (TPSA) is 85.2 Å². The molecule has 1 fully saturated rings. The average molecular weight is 378 g/mol. The Labute approximate surface area is 163 Å². The predicted octanol–water partition coefficient (Wildman–Crippen LogP) is 2.14. The van der Waals surface area contributed by atoms with Crippen LogP contribution in [0, 0.1) is 0 Å². The van der Waals surface area contributed by atoms with Gasteiger partial charge >= 0.3 is 0 Å². The lowest BCUT2D eigenvalue weighted by atomic mass is 10.1. The zero-order chi connectivity index (χ0) is 19.2. The van der Waals surface area contributed by atoms with Gasteiger partial charge in [-0.25, -0.2) is 9.97 Å². The van der Waals surface area contributed by atoms with Crippen LogP contribution in [0.2, 0.25) is 0 Å². The van der Waals surface area contributed by atoms with E-state index in [1.807, 2.05) is 35.0 Å². The van der Waals surface area contributed by atoms with E-state index in [0.29, 0.717) is 12.4 Å². The first kappa shape index (κ1) is 18.1. The van der Waals surface area contributed by atoms with E-state index in [1.54, 1.807) is 31.1 Å². The molecule has 4 rings (SSSR count). The van der Waals surface area contributed by atoms with Crippen molar-refractivity contribution in [1.82, 2.24) is 24.4 Å². The number of carbonyl (C=O) groups is 1. The van der Waals surface area contributed by atoms with E-state index < -0.39 is 0 Å². The zero-order valence-electron chi connectivity index (χ0n) is 15.4. The van der Waals surface area contributed by atoms with Gasteiger partial charge in [0.25, 0.3) is 0 Å². The van der Waals surface area contributed by atoms with Gasteiger partial charge in [0.05, 0.1) is 30.4 Å². The van der Waals surface area contributed by atoms with Crippen LogP contribution in [0.4, 0.5) is 5.69 Å². The van der Waals surface area contributed by atoms with Crippen molar-refractivity contribution in [2.75, 3.05) is 25.0 Å². The molecule has 3 heterocycles. The Bertz CT molecular complexity index is 892. The lowest BCUT2D eigenvalue weighted by molar-refractivity contribution is -0.117. The second-order valence-electron chi connectivity index (χ2n) is 6.67. The smallest absolute Gasteiger partial charge is 0.238 e. The van der Waals surface area contributed by atoms with Crippen molar-refractivity contribution in [3.8, 4) is 11.6 Å². The Kier molecular flexibility index (Phi) is 5.58. The number of nitrogens with one attached hydrogen (secondary N) is 1. The van der Waals surface area contributed by atoms with Crippen molar-refractivity contribution in [2.24, 2.45) is 0 Å². The number of imidazole rings is 1. The molecular formula is C20H22N6O2. The fourth-order valence-corrected chi connectivity index (χ4v) is 3.30. The molecule has 0 radical (unpaired) electrons. The van der Waals surface area contributed by atoms with Gasteiger partial charge in [0.1, 0.15) is 6.10 Å². The van der Waals surface area contributed by atoms with Gasteiger partial charge in [-0.3, -0.25) is 14.7 Å². The molecule has 144 valence electrons. The summed E-state index contributed by atoms with van der Waals surface area (Å²) in [6.07, 6.45) is 12.0. The number of piperidine rings is 1. The third-order valence-corrected chi connectivity index (χ3v) is 4.69. The second kappa shape index (κ2) is 8.62. The van der Waals surface area contributed by atoms with Gasteiger partial charge in [0.2, 0.25) is 11.8 Å². The molecule has 0 saturated carbocycles. The Morgan fingerprint density at radius 3 is 2.75 bits per heavy atom. The van der Waals surface area contributed by atoms with Crippen LogP contribution in [0.15, 0.2) is 61.6 Å². The van der Waals surface area contributed by atoms with Crippen molar-refractivity contribution >= 4 is 11.6 Å². The van der Waals surface area contributed by atoms with Crippen molar-refractivity contribution in [3.63, 3.8) is 0 Å². The van der Waals surface area contributed by atoms with E-state index >= 15 is 0 Å². The Morgan fingerprint density at radius 2 is 2.00 bits per heavy atom. The largest absolute Gasteiger partial charge is 0.473 e.